The van der Waals surface area contributed by atoms with Crippen molar-refractivity contribution in [3.05, 3.63) is 95.1 Å². The van der Waals surface area contributed by atoms with E-state index in [4.69, 9.17) is 4.74 Å². The number of carbonyl (C=O) groups excluding carboxylic acids is 1. The first-order valence-corrected chi connectivity index (χ1v) is 13.5. The Morgan fingerprint density at radius 2 is 1.53 bits per heavy atom. The second-order valence-corrected chi connectivity index (χ2v) is 9.53. The Morgan fingerprint density at radius 3 is 2.19 bits per heavy atom. The van der Waals surface area contributed by atoms with E-state index in [2.05, 4.69) is 60.9 Å². The van der Waals surface area contributed by atoms with E-state index in [1.54, 1.807) is 0 Å². The van der Waals surface area contributed by atoms with Crippen LogP contribution in [-0.2, 0) is 24.2 Å². The third kappa shape index (κ3) is 9.16. The lowest BCUT2D eigenvalue weighted by molar-refractivity contribution is -0.114. The van der Waals surface area contributed by atoms with Crippen LogP contribution >= 0.6 is 0 Å². The molecular weight excluding hydrogens is 444 g/mol. The molecule has 4 nitrogen and oxygen atoms in total. The first-order valence-electron chi connectivity index (χ1n) is 13.5. The summed E-state index contributed by atoms with van der Waals surface area (Å²) in [5.74, 6) is 0.590. The van der Waals surface area contributed by atoms with Crippen molar-refractivity contribution in [3.8, 4) is 5.75 Å². The summed E-state index contributed by atoms with van der Waals surface area (Å²) in [5.41, 5.74) is 5.78. The Labute approximate surface area is 217 Å². The summed E-state index contributed by atoms with van der Waals surface area (Å²) < 4.78 is 6.08. The van der Waals surface area contributed by atoms with E-state index in [0.717, 1.165) is 49.9 Å². The summed E-state index contributed by atoms with van der Waals surface area (Å²) in [6, 6.07) is 25.5. The molecule has 0 aliphatic rings. The van der Waals surface area contributed by atoms with Crippen LogP contribution in [0.2, 0.25) is 0 Å². The molecule has 0 heterocycles. The molecule has 0 spiro atoms. The highest BCUT2D eigenvalue weighted by Gasteiger charge is 2.15. The number of carbonyl (C=O) groups is 1. The van der Waals surface area contributed by atoms with Gasteiger partial charge in [0.25, 0.3) is 0 Å². The summed E-state index contributed by atoms with van der Waals surface area (Å²) in [6.45, 7) is 7.36. The molecule has 3 aromatic carbocycles. The normalized spacial score (nSPS) is 11.8. The summed E-state index contributed by atoms with van der Waals surface area (Å²) in [7, 11) is 0. The maximum Gasteiger partial charge on any atom is 0.221 e. The van der Waals surface area contributed by atoms with Crippen molar-refractivity contribution < 1.29 is 9.53 Å². The van der Waals surface area contributed by atoms with E-state index in [1.807, 2.05) is 36.4 Å². The van der Waals surface area contributed by atoms with Gasteiger partial charge in [0.15, 0.2) is 0 Å². The van der Waals surface area contributed by atoms with Gasteiger partial charge in [-0.3, -0.25) is 4.79 Å². The van der Waals surface area contributed by atoms with Crippen LogP contribution in [0.25, 0.3) is 0 Å². The number of unbranched alkanes of at least 4 members (excludes halogenated alkanes) is 2. The smallest absolute Gasteiger partial charge is 0.221 e. The van der Waals surface area contributed by atoms with Crippen molar-refractivity contribution in [1.82, 2.24) is 5.32 Å². The maximum absolute atomic E-state index is 11.9. The standard InChI is InChI=1S/C32H42N2O2/c1-4-6-11-26-15-17-27(18-16-26)21-22-33-30(14-7-5-2)29-19-20-32(31(23-29)34-25(3)35)36-24-28-12-9-8-10-13-28/h8-10,12-13,15-20,23,30,33H,4-7,11,14,21-22,24H2,1-3H3,(H,34,35). The lowest BCUT2D eigenvalue weighted by Crippen LogP contribution is -2.24. The molecule has 0 aliphatic carbocycles. The van der Waals surface area contributed by atoms with Crippen LogP contribution in [-0.4, -0.2) is 12.5 Å². The van der Waals surface area contributed by atoms with E-state index in [-0.39, 0.29) is 11.9 Å². The number of anilines is 1. The van der Waals surface area contributed by atoms with Gasteiger partial charge in [-0.15, -0.1) is 0 Å². The molecule has 3 aromatic rings. The molecule has 0 fully saturated rings. The van der Waals surface area contributed by atoms with Gasteiger partial charge in [0, 0.05) is 13.0 Å². The van der Waals surface area contributed by atoms with Crippen LogP contribution in [0.5, 0.6) is 5.75 Å². The molecule has 36 heavy (non-hydrogen) atoms. The number of nitrogens with one attached hydrogen (secondary N) is 2. The van der Waals surface area contributed by atoms with Crippen LogP contribution in [0.15, 0.2) is 72.8 Å². The van der Waals surface area contributed by atoms with Crippen molar-refractivity contribution in [2.45, 2.75) is 78.4 Å². The Balaban J connectivity index is 1.67. The third-order valence-corrected chi connectivity index (χ3v) is 6.45. The molecule has 0 saturated heterocycles. The Kier molecular flexibility index (Phi) is 11.5. The van der Waals surface area contributed by atoms with Crippen molar-refractivity contribution in [2.24, 2.45) is 0 Å². The van der Waals surface area contributed by atoms with Crippen LogP contribution in [0.4, 0.5) is 5.69 Å². The van der Waals surface area contributed by atoms with Crippen molar-refractivity contribution in [3.63, 3.8) is 0 Å². The number of aryl methyl sites for hydroxylation is 1. The summed E-state index contributed by atoms with van der Waals surface area (Å²) >= 11 is 0. The average Bonchev–Trinajstić information content (AvgIpc) is 2.89. The predicted octanol–water partition coefficient (Wildman–Crippen LogP) is 7.63. The highest BCUT2D eigenvalue weighted by atomic mass is 16.5. The Bertz CT molecular complexity index is 1050. The fraction of sp³-hybridized carbons (Fsp3) is 0.406. The molecule has 192 valence electrons. The predicted molar refractivity (Wildman–Crippen MR) is 151 cm³/mol. The minimum atomic E-state index is -0.0998. The summed E-state index contributed by atoms with van der Waals surface area (Å²) in [4.78, 5) is 11.9. The van der Waals surface area contributed by atoms with E-state index in [0.29, 0.717) is 12.4 Å². The van der Waals surface area contributed by atoms with E-state index >= 15 is 0 Å². The second kappa shape index (κ2) is 15.1. The molecule has 0 saturated carbocycles. The SMILES string of the molecule is CCCCc1ccc(CCNC(CCCC)c2ccc(OCc3ccccc3)c(NC(C)=O)c2)cc1. The quantitative estimate of drug-likeness (QED) is 0.232. The highest BCUT2D eigenvalue weighted by molar-refractivity contribution is 5.90. The molecule has 3 rings (SSSR count). The zero-order valence-electron chi connectivity index (χ0n) is 22.2. The third-order valence-electron chi connectivity index (χ3n) is 6.45. The number of ether oxygens (including phenoxy) is 1. The van der Waals surface area contributed by atoms with Crippen molar-refractivity contribution in [1.29, 1.82) is 0 Å². The molecule has 0 bridgehead atoms. The van der Waals surface area contributed by atoms with Gasteiger partial charge in [-0.2, -0.15) is 0 Å². The topological polar surface area (TPSA) is 50.4 Å². The number of rotatable bonds is 15. The zero-order valence-corrected chi connectivity index (χ0v) is 22.2. The summed E-state index contributed by atoms with van der Waals surface area (Å²) in [6.07, 6.45) is 7.98. The molecule has 1 atom stereocenters. The molecule has 4 heteroatoms. The number of hydrogen-bond donors (Lipinski definition) is 2. The summed E-state index contributed by atoms with van der Waals surface area (Å²) in [5, 5.41) is 6.74. The molecule has 0 aromatic heterocycles. The van der Waals surface area contributed by atoms with E-state index in [1.165, 1.54) is 36.5 Å². The lowest BCUT2D eigenvalue weighted by atomic mass is 9.99. The number of amides is 1. The molecule has 1 amide bonds. The fourth-order valence-corrected chi connectivity index (χ4v) is 4.35. The van der Waals surface area contributed by atoms with Gasteiger partial charge in [-0.05, 0) is 66.6 Å². The largest absolute Gasteiger partial charge is 0.487 e. The van der Waals surface area contributed by atoms with Crippen molar-refractivity contribution in [2.75, 3.05) is 11.9 Å². The minimum Gasteiger partial charge on any atom is -0.487 e. The van der Waals surface area contributed by atoms with Gasteiger partial charge in [-0.1, -0.05) is 93.8 Å². The second-order valence-electron chi connectivity index (χ2n) is 9.53. The van der Waals surface area contributed by atoms with Gasteiger partial charge in [0.2, 0.25) is 5.91 Å². The molecule has 2 N–H and O–H groups in total. The van der Waals surface area contributed by atoms with Crippen LogP contribution in [0.3, 0.4) is 0 Å². The monoisotopic (exact) mass is 486 g/mol. The van der Waals surface area contributed by atoms with Crippen LogP contribution < -0.4 is 15.4 Å². The molecule has 0 aliphatic heterocycles. The first-order chi connectivity index (χ1) is 17.6. The van der Waals surface area contributed by atoms with E-state index in [9.17, 15) is 4.79 Å². The Hall–Kier alpha value is -3.11. The average molecular weight is 487 g/mol. The van der Waals surface area contributed by atoms with Crippen LogP contribution in [0, 0.1) is 0 Å². The highest BCUT2D eigenvalue weighted by Crippen LogP contribution is 2.31. The maximum atomic E-state index is 11.9. The van der Waals surface area contributed by atoms with Gasteiger partial charge >= 0.3 is 0 Å². The lowest BCUT2D eigenvalue weighted by Gasteiger charge is -2.21. The zero-order chi connectivity index (χ0) is 25.6. The van der Waals surface area contributed by atoms with Gasteiger partial charge in [0.05, 0.1) is 5.69 Å². The first kappa shape index (κ1) is 27.5. The van der Waals surface area contributed by atoms with E-state index < -0.39 is 0 Å². The van der Waals surface area contributed by atoms with Gasteiger partial charge in [-0.25, -0.2) is 0 Å². The minimum absolute atomic E-state index is 0.0998. The number of hydrogen-bond acceptors (Lipinski definition) is 3. The van der Waals surface area contributed by atoms with Crippen molar-refractivity contribution >= 4 is 11.6 Å². The fourth-order valence-electron chi connectivity index (χ4n) is 4.35. The Morgan fingerprint density at radius 1 is 0.833 bits per heavy atom. The number of benzene rings is 3. The van der Waals surface area contributed by atoms with Crippen LogP contribution in [0.1, 0.15) is 81.2 Å². The molecule has 0 radical (unpaired) electrons. The van der Waals surface area contributed by atoms with Gasteiger partial charge < -0.3 is 15.4 Å². The molecule has 1 unspecified atom stereocenters. The van der Waals surface area contributed by atoms with Gasteiger partial charge in [0.1, 0.15) is 12.4 Å². The molecular formula is C32H42N2O2.